The molecule has 0 bridgehead atoms. The van der Waals surface area contributed by atoms with Crippen LogP contribution in [0.5, 0.6) is 5.75 Å². The van der Waals surface area contributed by atoms with Gasteiger partial charge < -0.3 is 19.7 Å². The largest absolute Gasteiger partial charge is 0.484 e. The number of nitrogens with one attached hydrogen (secondary N) is 2. The topological polar surface area (TPSA) is 117 Å². The number of carbonyl (C=O) groups excluding carboxylic acids is 2. The summed E-state index contributed by atoms with van der Waals surface area (Å²) in [7, 11) is -3.94. The molecule has 43 heavy (non-hydrogen) atoms. The van der Waals surface area contributed by atoms with Crippen molar-refractivity contribution in [2.45, 2.75) is 24.4 Å². The minimum atomic E-state index is -3.94. The van der Waals surface area contributed by atoms with Gasteiger partial charge in [0.15, 0.2) is 6.61 Å². The molecular weight excluding hydrogens is 582 g/mol. The standard InChI is InChI=1S/C30H34F2N4O6S/c1-22(30(38)33-14-15-35-16-18-41-19-17-35)36(20-23-2-4-24(31)5-3-23)29(37)21-42-27-10-12-28(13-11-27)43(39,40)34-26-8-6-25(32)7-9-26/h2-13,22,34H,14-21H2,1H3,(H,33,38). The van der Waals surface area contributed by atoms with Crippen molar-refractivity contribution >= 4 is 27.5 Å². The highest BCUT2D eigenvalue weighted by atomic mass is 32.2. The minimum Gasteiger partial charge on any atom is -0.484 e. The average Bonchev–Trinajstić information content (AvgIpc) is 3.01. The summed E-state index contributed by atoms with van der Waals surface area (Å²) in [5.41, 5.74) is 0.832. The molecule has 1 aliphatic heterocycles. The number of benzene rings is 3. The molecule has 0 radical (unpaired) electrons. The van der Waals surface area contributed by atoms with Gasteiger partial charge in [-0.1, -0.05) is 12.1 Å². The van der Waals surface area contributed by atoms with Crippen molar-refractivity contribution in [1.82, 2.24) is 15.1 Å². The number of ether oxygens (including phenoxy) is 2. The lowest BCUT2D eigenvalue weighted by Crippen LogP contribution is -2.50. The molecule has 1 fully saturated rings. The first-order valence-corrected chi connectivity index (χ1v) is 15.2. The lowest BCUT2D eigenvalue weighted by Gasteiger charge is -2.30. The van der Waals surface area contributed by atoms with Gasteiger partial charge in [-0.3, -0.25) is 19.2 Å². The maximum absolute atomic E-state index is 13.5. The van der Waals surface area contributed by atoms with Gasteiger partial charge in [-0.15, -0.1) is 0 Å². The van der Waals surface area contributed by atoms with E-state index in [0.717, 1.165) is 25.2 Å². The molecule has 4 rings (SSSR count). The summed E-state index contributed by atoms with van der Waals surface area (Å²) in [5, 5.41) is 2.88. The van der Waals surface area contributed by atoms with Gasteiger partial charge >= 0.3 is 0 Å². The maximum atomic E-state index is 13.5. The van der Waals surface area contributed by atoms with Crippen LogP contribution in [0.25, 0.3) is 0 Å². The van der Waals surface area contributed by atoms with Gasteiger partial charge in [-0.05, 0) is 73.2 Å². The molecule has 3 aromatic carbocycles. The van der Waals surface area contributed by atoms with Gasteiger partial charge in [0.2, 0.25) is 5.91 Å². The number of hydrogen-bond donors (Lipinski definition) is 2. The van der Waals surface area contributed by atoms with Gasteiger partial charge in [0.1, 0.15) is 23.4 Å². The Morgan fingerprint density at radius 1 is 0.953 bits per heavy atom. The smallest absolute Gasteiger partial charge is 0.261 e. The third-order valence-corrected chi connectivity index (χ3v) is 8.25. The molecule has 1 heterocycles. The third kappa shape index (κ3) is 9.46. The van der Waals surface area contributed by atoms with E-state index in [-0.39, 0.29) is 28.8 Å². The minimum absolute atomic E-state index is 0.0484. The van der Waals surface area contributed by atoms with Crippen molar-refractivity contribution in [2.75, 3.05) is 50.7 Å². The molecule has 13 heteroatoms. The summed E-state index contributed by atoms with van der Waals surface area (Å²) in [6, 6.07) is 15.1. The number of hydrogen-bond acceptors (Lipinski definition) is 7. The second-order valence-electron chi connectivity index (χ2n) is 9.94. The molecule has 0 spiro atoms. The van der Waals surface area contributed by atoms with Crippen LogP contribution in [0.4, 0.5) is 14.5 Å². The molecule has 0 saturated carbocycles. The molecule has 10 nitrogen and oxygen atoms in total. The fourth-order valence-electron chi connectivity index (χ4n) is 4.35. The Bertz CT molecular complexity index is 1470. The predicted molar refractivity (Wildman–Crippen MR) is 156 cm³/mol. The fourth-order valence-corrected chi connectivity index (χ4v) is 5.41. The molecule has 230 valence electrons. The monoisotopic (exact) mass is 616 g/mol. The Morgan fingerprint density at radius 2 is 1.56 bits per heavy atom. The molecule has 2 amide bonds. The molecule has 1 aliphatic rings. The first-order chi connectivity index (χ1) is 20.6. The van der Waals surface area contributed by atoms with Crippen LogP contribution in [0, 0.1) is 11.6 Å². The zero-order valence-electron chi connectivity index (χ0n) is 23.7. The number of nitrogens with zero attached hydrogens (tertiary/aromatic N) is 2. The normalized spacial score (nSPS) is 14.5. The van der Waals surface area contributed by atoms with E-state index in [0.29, 0.717) is 31.9 Å². The number of amides is 2. The van der Waals surface area contributed by atoms with Crippen LogP contribution in [0.1, 0.15) is 12.5 Å². The lowest BCUT2D eigenvalue weighted by molar-refractivity contribution is -0.142. The molecule has 3 aromatic rings. The van der Waals surface area contributed by atoms with Gasteiger partial charge in [0, 0.05) is 38.4 Å². The Kier molecular flexibility index (Phi) is 11.0. The zero-order valence-corrected chi connectivity index (χ0v) is 24.5. The fraction of sp³-hybridized carbons (Fsp3) is 0.333. The highest BCUT2D eigenvalue weighted by Gasteiger charge is 2.27. The first kappa shape index (κ1) is 31.9. The molecule has 1 unspecified atom stereocenters. The second-order valence-corrected chi connectivity index (χ2v) is 11.6. The van der Waals surface area contributed by atoms with Crippen LogP contribution in [0.15, 0.2) is 77.7 Å². The van der Waals surface area contributed by atoms with E-state index in [4.69, 9.17) is 9.47 Å². The van der Waals surface area contributed by atoms with Crippen molar-refractivity contribution in [3.8, 4) is 5.75 Å². The van der Waals surface area contributed by atoms with Gasteiger partial charge in [-0.25, -0.2) is 17.2 Å². The zero-order chi connectivity index (χ0) is 30.8. The van der Waals surface area contributed by atoms with Crippen LogP contribution in [0.2, 0.25) is 0 Å². The summed E-state index contributed by atoms with van der Waals surface area (Å²) in [6.45, 7) is 5.17. The van der Waals surface area contributed by atoms with Gasteiger partial charge in [0.05, 0.1) is 18.1 Å². The SMILES string of the molecule is CC(C(=O)NCCN1CCOCC1)N(Cc1ccc(F)cc1)C(=O)COc1ccc(S(=O)(=O)Nc2ccc(F)cc2)cc1. The highest BCUT2D eigenvalue weighted by Crippen LogP contribution is 2.20. The summed E-state index contributed by atoms with van der Waals surface area (Å²) < 4.78 is 65.3. The van der Waals surface area contributed by atoms with Crippen molar-refractivity contribution in [3.05, 3.63) is 90.0 Å². The number of sulfonamides is 1. The summed E-state index contributed by atoms with van der Waals surface area (Å²) in [4.78, 5) is 29.8. The molecule has 0 aliphatic carbocycles. The van der Waals surface area contributed by atoms with Gasteiger partial charge in [-0.2, -0.15) is 0 Å². The number of rotatable bonds is 13. The van der Waals surface area contributed by atoms with E-state index in [9.17, 15) is 26.8 Å². The Balaban J connectivity index is 1.37. The van der Waals surface area contributed by atoms with E-state index in [1.807, 2.05) is 0 Å². The molecular formula is C30H34F2N4O6S. The quantitative estimate of drug-likeness (QED) is 0.303. The average molecular weight is 617 g/mol. The predicted octanol–water partition coefficient (Wildman–Crippen LogP) is 3.01. The van der Waals surface area contributed by atoms with Crippen LogP contribution in [-0.2, 0) is 30.9 Å². The summed E-state index contributed by atoms with van der Waals surface area (Å²) in [6.07, 6.45) is 0. The van der Waals surface area contributed by atoms with Crippen LogP contribution in [0.3, 0.4) is 0 Å². The van der Waals surface area contributed by atoms with E-state index < -0.39 is 40.2 Å². The number of halogens is 2. The van der Waals surface area contributed by atoms with E-state index >= 15 is 0 Å². The van der Waals surface area contributed by atoms with Gasteiger partial charge in [0.25, 0.3) is 15.9 Å². The van der Waals surface area contributed by atoms with Crippen molar-refractivity contribution < 1.29 is 36.3 Å². The lowest BCUT2D eigenvalue weighted by atomic mass is 10.1. The van der Waals surface area contributed by atoms with Crippen molar-refractivity contribution in [3.63, 3.8) is 0 Å². The maximum Gasteiger partial charge on any atom is 0.261 e. The molecule has 2 N–H and O–H groups in total. The number of anilines is 1. The second kappa shape index (κ2) is 14.9. The third-order valence-electron chi connectivity index (χ3n) is 6.86. The number of morpholine rings is 1. The van der Waals surface area contributed by atoms with Crippen LogP contribution < -0.4 is 14.8 Å². The Hall–Kier alpha value is -4.07. The van der Waals surface area contributed by atoms with Crippen LogP contribution in [-0.4, -0.2) is 82.1 Å². The highest BCUT2D eigenvalue weighted by molar-refractivity contribution is 7.92. The van der Waals surface area contributed by atoms with E-state index in [1.54, 1.807) is 19.1 Å². The molecule has 1 saturated heterocycles. The van der Waals surface area contributed by atoms with Crippen LogP contribution >= 0.6 is 0 Å². The summed E-state index contributed by atoms with van der Waals surface area (Å²) >= 11 is 0. The Morgan fingerprint density at radius 3 is 2.19 bits per heavy atom. The van der Waals surface area contributed by atoms with Crippen molar-refractivity contribution in [1.29, 1.82) is 0 Å². The molecule has 0 aromatic heterocycles. The van der Waals surface area contributed by atoms with E-state index in [2.05, 4.69) is 14.9 Å². The number of carbonyl (C=O) groups is 2. The van der Waals surface area contributed by atoms with Crippen molar-refractivity contribution in [2.24, 2.45) is 0 Å². The summed E-state index contributed by atoms with van der Waals surface area (Å²) in [5.74, 6) is -1.51. The molecule has 1 atom stereocenters. The Labute approximate surface area is 249 Å². The van der Waals surface area contributed by atoms with E-state index in [1.165, 1.54) is 53.4 Å². The first-order valence-electron chi connectivity index (χ1n) is 13.7.